The molecule has 104 valence electrons. The Morgan fingerprint density at radius 1 is 1.05 bits per heavy atom. The largest absolute Gasteiger partial charge is 0.484 e. The van der Waals surface area contributed by atoms with E-state index in [0.29, 0.717) is 11.6 Å². The van der Waals surface area contributed by atoms with Gasteiger partial charge in [-0.3, -0.25) is 0 Å². The zero-order valence-corrected chi connectivity index (χ0v) is 11.1. The minimum absolute atomic E-state index is 0.120. The molecule has 0 saturated carbocycles. The van der Waals surface area contributed by atoms with Crippen LogP contribution in [0.15, 0.2) is 54.9 Å². The third-order valence-corrected chi connectivity index (χ3v) is 3.07. The number of hydrogen-bond donors (Lipinski definition) is 1. The van der Waals surface area contributed by atoms with Crippen molar-refractivity contribution in [2.75, 3.05) is 0 Å². The predicted octanol–water partition coefficient (Wildman–Crippen LogP) is 2.91. The van der Waals surface area contributed by atoms with Crippen LogP contribution < -0.4 is 4.74 Å². The van der Waals surface area contributed by atoms with Gasteiger partial charge in [0.15, 0.2) is 5.82 Å². The summed E-state index contributed by atoms with van der Waals surface area (Å²) < 4.78 is 5.69. The lowest BCUT2D eigenvalue weighted by Gasteiger charge is -2.11. The number of nitrogens with zero attached hydrogens (tertiary/aromatic N) is 2. The number of carbonyl (C=O) groups is 1. The first-order valence-electron chi connectivity index (χ1n) is 6.39. The van der Waals surface area contributed by atoms with E-state index < -0.39 is 5.97 Å². The van der Waals surface area contributed by atoms with E-state index in [-0.39, 0.29) is 12.2 Å². The molecule has 3 rings (SSSR count). The molecule has 0 saturated heterocycles. The standard InChI is InChI=1S/C16H12N2O3/c19-16(20)13-7-6-11-4-1-2-5-12(11)15(13)21-10-14-17-8-3-9-18-14/h1-9H,10H2,(H,19,20). The fraction of sp³-hybridized carbons (Fsp3) is 0.0625. The van der Waals surface area contributed by atoms with Crippen LogP contribution in [0.4, 0.5) is 0 Å². The maximum Gasteiger partial charge on any atom is 0.339 e. The van der Waals surface area contributed by atoms with Gasteiger partial charge < -0.3 is 9.84 Å². The number of aromatic carboxylic acids is 1. The highest BCUT2D eigenvalue weighted by atomic mass is 16.5. The van der Waals surface area contributed by atoms with Gasteiger partial charge in [-0.2, -0.15) is 0 Å². The Balaban J connectivity index is 2.02. The molecule has 5 nitrogen and oxygen atoms in total. The molecule has 1 aromatic heterocycles. The van der Waals surface area contributed by atoms with Crippen molar-refractivity contribution in [1.82, 2.24) is 9.97 Å². The second-order valence-electron chi connectivity index (χ2n) is 4.42. The number of hydrogen-bond acceptors (Lipinski definition) is 4. The van der Waals surface area contributed by atoms with Gasteiger partial charge in [0.25, 0.3) is 0 Å². The Labute approximate surface area is 120 Å². The van der Waals surface area contributed by atoms with Gasteiger partial charge in [-0.1, -0.05) is 30.3 Å². The maximum atomic E-state index is 11.4. The second-order valence-corrected chi connectivity index (χ2v) is 4.42. The molecule has 1 heterocycles. The van der Waals surface area contributed by atoms with Crippen LogP contribution in [0.25, 0.3) is 10.8 Å². The first kappa shape index (κ1) is 13.1. The van der Waals surface area contributed by atoms with Crippen LogP contribution in [0.3, 0.4) is 0 Å². The molecule has 0 radical (unpaired) electrons. The molecule has 0 fully saturated rings. The Morgan fingerprint density at radius 3 is 2.57 bits per heavy atom. The number of carboxylic acid groups (broad SMARTS) is 1. The fourth-order valence-electron chi connectivity index (χ4n) is 2.11. The molecular weight excluding hydrogens is 268 g/mol. The molecule has 3 aromatic rings. The predicted molar refractivity (Wildman–Crippen MR) is 77.3 cm³/mol. The Hall–Kier alpha value is -2.95. The number of ether oxygens (including phenoxy) is 1. The van der Waals surface area contributed by atoms with Crippen molar-refractivity contribution in [3.05, 3.63) is 66.2 Å². The van der Waals surface area contributed by atoms with Crippen LogP contribution >= 0.6 is 0 Å². The van der Waals surface area contributed by atoms with E-state index >= 15 is 0 Å². The summed E-state index contributed by atoms with van der Waals surface area (Å²) in [5.74, 6) is -0.181. The van der Waals surface area contributed by atoms with Gasteiger partial charge in [0.1, 0.15) is 17.9 Å². The van der Waals surface area contributed by atoms with Crippen LogP contribution in [0.5, 0.6) is 5.75 Å². The van der Waals surface area contributed by atoms with E-state index in [2.05, 4.69) is 9.97 Å². The van der Waals surface area contributed by atoms with Crippen LogP contribution in [0.1, 0.15) is 16.2 Å². The second kappa shape index (κ2) is 5.58. The van der Waals surface area contributed by atoms with E-state index in [1.807, 2.05) is 24.3 Å². The lowest BCUT2D eigenvalue weighted by molar-refractivity contribution is 0.0692. The molecule has 0 aliphatic carbocycles. The van der Waals surface area contributed by atoms with Crippen molar-refractivity contribution in [2.45, 2.75) is 6.61 Å². The zero-order chi connectivity index (χ0) is 14.7. The number of carboxylic acids is 1. The van der Waals surface area contributed by atoms with E-state index in [9.17, 15) is 9.90 Å². The first-order chi connectivity index (χ1) is 10.3. The zero-order valence-electron chi connectivity index (χ0n) is 11.1. The lowest BCUT2D eigenvalue weighted by atomic mass is 10.1. The van der Waals surface area contributed by atoms with Crippen LogP contribution in [-0.2, 0) is 6.61 Å². The third kappa shape index (κ3) is 2.67. The highest BCUT2D eigenvalue weighted by Gasteiger charge is 2.15. The summed E-state index contributed by atoms with van der Waals surface area (Å²) in [6.45, 7) is 0.120. The van der Waals surface area contributed by atoms with Crippen LogP contribution in [0, 0.1) is 0 Å². The number of rotatable bonds is 4. The molecular formula is C16H12N2O3. The van der Waals surface area contributed by atoms with E-state index in [1.54, 1.807) is 30.6 Å². The molecule has 0 amide bonds. The number of benzene rings is 2. The molecule has 21 heavy (non-hydrogen) atoms. The molecule has 0 aliphatic rings. The van der Waals surface area contributed by atoms with Gasteiger partial charge in [0, 0.05) is 17.8 Å². The van der Waals surface area contributed by atoms with E-state index in [4.69, 9.17) is 4.74 Å². The van der Waals surface area contributed by atoms with Gasteiger partial charge in [0.2, 0.25) is 0 Å². The molecule has 5 heteroatoms. The Bertz CT molecular complexity index is 788. The summed E-state index contributed by atoms with van der Waals surface area (Å²) in [5, 5.41) is 11.0. The van der Waals surface area contributed by atoms with Crippen molar-refractivity contribution in [1.29, 1.82) is 0 Å². The smallest absolute Gasteiger partial charge is 0.339 e. The molecule has 0 bridgehead atoms. The normalized spacial score (nSPS) is 10.5. The monoisotopic (exact) mass is 280 g/mol. The van der Waals surface area contributed by atoms with Crippen molar-refractivity contribution >= 4 is 16.7 Å². The van der Waals surface area contributed by atoms with Crippen LogP contribution in [0.2, 0.25) is 0 Å². The summed E-state index contributed by atoms with van der Waals surface area (Å²) in [6.07, 6.45) is 3.24. The first-order valence-corrected chi connectivity index (χ1v) is 6.39. The van der Waals surface area contributed by atoms with Gasteiger partial charge in [-0.15, -0.1) is 0 Å². The summed E-state index contributed by atoms with van der Waals surface area (Å²) >= 11 is 0. The highest BCUT2D eigenvalue weighted by molar-refractivity contribution is 6.00. The fourth-order valence-corrected chi connectivity index (χ4v) is 2.11. The van der Waals surface area contributed by atoms with Crippen molar-refractivity contribution in [3.8, 4) is 5.75 Å². The number of aromatic nitrogens is 2. The minimum atomic E-state index is -1.02. The Morgan fingerprint density at radius 2 is 1.81 bits per heavy atom. The quantitative estimate of drug-likeness (QED) is 0.795. The van der Waals surface area contributed by atoms with Gasteiger partial charge in [-0.05, 0) is 17.5 Å². The summed E-state index contributed by atoms with van der Waals surface area (Å²) in [7, 11) is 0. The topological polar surface area (TPSA) is 72.3 Å². The SMILES string of the molecule is O=C(O)c1ccc2ccccc2c1OCc1ncccn1. The average Bonchev–Trinajstić information content (AvgIpc) is 2.53. The average molecular weight is 280 g/mol. The summed E-state index contributed by atoms with van der Waals surface area (Å²) in [4.78, 5) is 19.5. The van der Waals surface area contributed by atoms with Gasteiger partial charge >= 0.3 is 5.97 Å². The molecule has 0 spiro atoms. The summed E-state index contributed by atoms with van der Waals surface area (Å²) in [6, 6.07) is 12.5. The van der Waals surface area contributed by atoms with Crippen LogP contribution in [-0.4, -0.2) is 21.0 Å². The molecule has 0 aliphatic heterocycles. The van der Waals surface area contributed by atoms with Crippen molar-refractivity contribution in [3.63, 3.8) is 0 Å². The van der Waals surface area contributed by atoms with E-state index in [0.717, 1.165) is 10.8 Å². The Kier molecular flexibility index (Phi) is 3.47. The third-order valence-electron chi connectivity index (χ3n) is 3.07. The molecule has 1 N–H and O–H groups in total. The van der Waals surface area contributed by atoms with Gasteiger partial charge in [0.05, 0.1) is 0 Å². The van der Waals surface area contributed by atoms with Crippen molar-refractivity contribution < 1.29 is 14.6 Å². The lowest BCUT2D eigenvalue weighted by Crippen LogP contribution is -2.06. The van der Waals surface area contributed by atoms with E-state index in [1.165, 1.54) is 0 Å². The molecule has 0 atom stereocenters. The molecule has 2 aromatic carbocycles. The minimum Gasteiger partial charge on any atom is -0.484 e. The highest BCUT2D eigenvalue weighted by Crippen LogP contribution is 2.30. The number of fused-ring (bicyclic) bond motifs is 1. The maximum absolute atomic E-state index is 11.4. The van der Waals surface area contributed by atoms with Crippen molar-refractivity contribution in [2.24, 2.45) is 0 Å². The molecule has 0 unspecified atom stereocenters. The summed E-state index contributed by atoms with van der Waals surface area (Å²) in [5.41, 5.74) is 0.129. The van der Waals surface area contributed by atoms with Gasteiger partial charge in [-0.25, -0.2) is 14.8 Å².